The van der Waals surface area contributed by atoms with Crippen LogP contribution in [0, 0.1) is 12.8 Å². The summed E-state index contributed by atoms with van der Waals surface area (Å²) in [7, 11) is 0. The van der Waals surface area contributed by atoms with Gasteiger partial charge in [0.15, 0.2) is 0 Å². The summed E-state index contributed by atoms with van der Waals surface area (Å²) in [5.74, 6) is 1.19. The number of fused-ring (bicyclic) bond motifs is 3. The minimum atomic E-state index is -0.994. The molecule has 3 heterocycles. The van der Waals surface area contributed by atoms with Gasteiger partial charge in [-0.3, -0.25) is 0 Å². The molecular weight excluding hydrogens is 304 g/mol. The van der Waals surface area contributed by atoms with Crippen molar-refractivity contribution in [3.05, 3.63) is 34.8 Å². The molecule has 1 aromatic heterocycles. The fraction of sp³-hybridized carbons (Fsp3) is 0.700. The van der Waals surface area contributed by atoms with Gasteiger partial charge < -0.3 is 19.4 Å². The number of aliphatic hydroxyl groups is 2. The highest BCUT2D eigenvalue weighted by molar-refractivity contribution is 5.33. The summed E-state index contributed by atoms with van der Waals surface area (Å²) in [5.41, 5.74) is 2.12. The molecule has 2 bridgehead atoms. The van der Waals surface area contributed by atoms with Gasteiger partial charge in [-0.25, -0.2) is 0 Å². The summed E-state index contributed by atoms with van der Waals surface area (Å²) in [4.78, 5) is 0. The molecule has 0 aliphatic carbocycles. The van der Waals surface area contributed by atoms with Crippen molar-refractivity contribution < 1.29 is 19.4 Å². The van der Waals surface area contributed by atoms with Gasteiger partial charge in [-0.15, -0.1) is 0 Å². The highest BCUT2D eigenvalue weighted by Crippen LogP contribution is 2.42. The van der Waals surface area contributed by atoms with Gasteiger partial charge >= 0.3 is 0 Å². The Hall–Kier alpha value is -1.10. The van der Waals surface area contributed by atoms with E-state index in [2.05, 4.69) is 19.9 Å². The summed E-state index contributed by atoms with van der Waals surface area (Å²) >= 11 is 0. The van der Waals surface area contributed by atoms with Crippen molar-refractivity contribution in [2.45, 2.75) is 83.7 Å². The summed E-state index contributed by atoms with van der Waals surface area (Å²) in [6.45, 7) is 8.15. The normalized spacial score (nSPS) is 40.0. The molecular formula is C20H30O4. The van der Waals surface area contributed by atoms with Gasteiger partial charge in [-0.05, 0) is 57.9 Å². The molecule has 2 N–H and O–H groups in total. The molecule has 4 nitrogen and oxygen atoms in total. The molecule has 3 rings (SSSR count). The molecule has 0 amide bonds. The molecule has 1 aromatic rings. The maximum absolute atomic E-state index is 10.9. The zero-order valence-corrected chi connectivity index (χ0v) is 15.2. The molecule has 1 saturated heterocycles. The minimum absolute atomic E-state index is 0.149. The Morgan fingerprint density at radius 2 is 1.96 bits per heavy atom. The Bertz CT molecular complexity index is 617. The van der Waals surface area contributed by atoms with Crippen molar-refractivity contribution in [1.29, 1.82) is 0 Å². The highest BCUT2D eigenvalue weighted by atomic mass is 16.5. The SMILES string of the molecule is C/C1=C\CCC(C)C2CCC(C)(O2)C(O)C(O)c2c(C)coc2C1. The predicted octanol–water partition coefficient (Wildman–Crippen LogP) is 3.84. The Balaban J connectivity index is 1.99. The monoisotopic (exact) mass is 334 g/mol. The third kappa shape index (κ3) is 3.19. The number of rotatable bonds is 0. The Morgan fingerprint density at radius 3 is 2.71 bits per heavy atom. The van der Waals surface area contributed by atoms with E-state index in [0.29, 0.717) is 12.3 Å². The third-order valence-electron chi connectivity index (χ3n) is 5.86. The van der Waals surface area contributed by atoms with E-state index >= 15 is 0 Å². The second kappa shape index (κ2) is 6.66. The lowest BCUT2D eigenvalue weighted by molar-refractivity contribution is -0.151. The van der Waals surface area contributed by atoms with Crippen LogP contribution in [0.1, 0.15) is 69.4 Å². The van der Waals surface area contributed by atoms with Gasteiger partial charge in [-0.1, -0.05) is 18.6 Å². The van der Waals surface area contributed by atoms with Crippen molar-refractivity contribution in [3.63, 3.8) is 0 Å². The van der Waals surface area contributed by atoms with Crippen molar-refractivity contribution in [2.24, 2.45) is 5.92 Å². The molecule has 2 aliphatic heterocycles. The number of aliphatic hydroxyl groups excluding tert-OH is 2. The van der Waals surface area contributed by atoms with Crippen molar-refractivity contribution in [2.75, 3.05) is 0 Å². The van der Waals surface area contributed by atoms with Gasteiger partial charge in [0.2, 0.25) is 0 Å². The van der Waals surface area contributed by atoms with Gasteiger partial charge in [0, 0.05) is 12.0 Å². The van der Waals surface area contributed by atoms with Crippen LogP contribution in [0.4, 0.5) is 0 Å². The molecule has 0 saturated carbocycles. The molecule has 0 spiro atoms. The van der Waals surface area contributed by atoms with Crippen molar-refractivity contribution in [3.8, 4) is 0 Å². The van der Waals surface area contributed by atoms with Gasteiger partial charge in [0.1, 0.15) is 18.0 Å². The van der Waals surface area contributed by atoms with E-state index in [1.165, 1.54) is 5.57 Å². The van der Waals surface area contributed by atoms with E-state index in [-0.39, 0.29) is 6.10 Å². The topological polar surface area (TPSA) is 62.8 Å². The van der Waals surface area contributed by atoms with Crippen LogP contribution in [-0.2, 0) is 11.2 Å². The molecule has 0 aromatic carbocycles. The van der Waals surface area contributed by atoms with Crippen LogP contribution in [0.5, 0.6) is 0 Å². The third-order valence-corrected chi connectivity index (χ3v) is 5.86. The molecule has 4 heteroatoms. The first-order valence-electron chi connectivity index (χ1n) is 9.08. The number of furan rings is 1. The first-order valence-corrected chi connectivity index (χ1v) is 9.08. The average molecular weight is 334 g/mol. The Morgan fingerprint density at radius 1 is 1.21 bits per heavy atom. The fourth-order valence-corrected chi connectivity index (χ4v) is 4.15. The van der Waals surface area contributed by atoms with E-state index in [9.17, 15) is 10.2 Å². The van der Waals surface area contributed by atoms with Crippen LogP contribution >= 0.6 is 0 Å². The average Bonchev–Trinajstić information content (AvgIpc) is 3.10. The summed E-state index contributed by atoms with van der Waals surface area (Å²) < 4.78 is 11.9. The summed E-state index contributed by atoms with van der Waals surface area (Å²) in [6.07, 6.45) is 6.57. The number of aryl methyl sites for hydroxylation is 1. The molecule has 1 fully saturated rings. The van der Waals surface area contributed by atoms with Crippen LogP contribution in [0.25, 0.3) is 0 Å². The largest absolute Gasteiger partial charge is 0.468 e. The predicted molar refractivity (Wildman–Crippen MR) is 92.8 cm³/mol. The zero-order valence-electron chi connectivity index (χ0n) is 15.2. The second-order valence-corrected chi connectivity index (χ2v) is 7.93. The fourth-order valence-electron chi connectivity index (χ4n) is 4.15. The molecule has 0 radical (unpaired) electrons. The number of ether oxygens (including phenoxy) is 1. The van der Waals surface area contributed by atoms with Crippen LogP contribution in [-0.4, -0.2) is 28.0 Å². The number of allylic oxidation sites excluding steroid dienone is 2. The molecule has 24 heavy (non-hydrogen) atoms. The lowest BCUT2D eigenvalue weighted by Gasteiger charge is -2.34. The van der Waals surface area contributed by atoms with Crippen LogP contribution in [0.3, 0.4) is 0 Å². The zero-order chi connectivity index (χ0) is 17.5. The summed E-state index contributed by atoms with van der Waals surface area (Å²) in [5, 5.41) is 21.8. The van der Waals surface area contributed by atoms with E-state index < -0.39 is 17.8 Å². The molecule has 5 unspecified atom stereocenters. The Labute approximate surface area is 144 Å². The van der Waals surface area contributed by atoms with Crippen LogP contribution < -0.4 is 0 Å². The molecule has 5 atom stereocenters. The van der Waals surface area contributed by atoms with E-state index in [1.807, 2.05) is 13.8 Å². The van der Waals surface area contributed by atoms with Gasteiger partial charge in [0.05, 0.1) is 18.0 Å². The van der Waals surface area contributed by atoms with E-state index in [4.69, 9.17) is 9.15 Å². The Kier molecular flexibility index (Phi) is 4.92. The highest BCUT2D eigenvalue weighted by Gasteiger charge is 2.47. The summed E-state index contributed by atoms with van der Waals surface area (Å²) in [6, 6.07) is 0. The number of hydrogen-bond acceptors (Lipinski definition) is 4. The van der Waals surface area contributed by atoms with E-state index in [1.54, 1.807) is 6.26 Å². The van der Waals surface area contributed by atoms with Crippen LogP contribution in [0.2, 0.25) is 0 Å². The molecule has 134 valence electrons. The maximum Gasteiger partial charge on any atom is 0.113 e. The standard InChI is InChI=1S/C20H30O4/c1-12-6-5-7-13(2)15-8-9-20(4,24-15)19(22)18(21)17-14(3)11-23-16(17)10-12/h6,11,13,15,18-19,21-22H,5,7-10H2,1-4H3/b12-6+. The van der Waals surface area contributed by atoms with Gasteiger partial charge in [0.25, 0.3) is 0 Å². The lowest BCUT2D eigenvalue weighted by Crippen LogP contribution is -2.44. The first kappa shape index (κ1) is 17.7. The van der Waals surface area contributed by atoms with E-state index in [0.717, 1.165) is 42.6 Å². The first-order chi connectivity index (χ1) is 11.3. The van der Waals surface area contributed by atoms with Gasteiger partial charge in [-0.2, -0.15) is 0 Å². The smallest absolute Gasteiger partial charge is 0.113 e. The van der Waals surface area contributed by atoms with Crippen molar-refractivity contribution >= 4 is 0 Å². The van der Waals surface area contributed by atoms with Crippen LogP contribution in [0.15, 0.2) is 22.3 Å². The van der Waals surface area contributed by atoms with Crippen molar-refractivity contribution in [1.82, 2.24) is 0 Å². The minimum Gasteiger partial charge on any atom is -0.468 e. The quantitative estimate of drug-likeness (QED) is 0.708. The second-order valence-electron chi connectivity index (χ2n) is 7.93. The maximum atomic E-state index is 10.9. The molecule has 2 aliphatic rings. The number of hydrogen-bond donors (Lipinski definition) is 2. The lowest BCUT2D eigenvalue weighted by atomic mass is 9.86.